The van der Waals surface area contributed by atoms with Crippen molar-refractivity contribution in [3.05, 3.63) is 16.9 Å². The third-order valence-electron chi connectivity index (χ3n) is 4.75. The van der Waals surface area contributed by atoms with E-state index in [4.69, 9.17) is 11.6 Å². The Morgan fingerprint density at radius 1 is 1.08 bits per heavy atom. The Morgan fingerprint density at radius 3 is 2.46 bits per heavy atom. The van der Waals surface area contributed by atoms with E-state index in [1.807, 2.05) is 0 Å². The van der Waals surface area contributed by atoms with Crippen LogP contribution in [0.3, 0.4) is 0 Å². The third-order valence-corrected chi connectivity index (χ3v) is 5.02. The van der Waals surface area contributed by atoms with Crippen molar-refractivity contribution < 1.29 is 4.79 Å². The summed E-state index contributed by atoms with van der Waals surface area (Å²) in [5.74, 6) is 0.396. The summed E-state index contributed by atoms with van der Waals surface area (Å²) in [5.41, 5.74) is 0.282. The largest absolute Gasteiger partial charge is 0.349 e. The molecule has 0 unspecified atom stereocenters. The number of aromatic nitrogens is 2. The van der Waals surface area contributed by atoms with Gasteiger partial charge in [-0.2, -0.15) is 0 Å². The number of likely N-dealkylation sites (tertiary alicyclic amines) is 1. The van der Waals surface area contributed by atoms with Gasteiger partial charge in [0.15, 0.2) is 5.69 Å². The topological polar surface area (TPSA) is 61.4 Å². The Bertz CT molecular complexity index is 554. The molecule has 0 aromatic carbocycles. The van der Waals surface area contributed by atoms with E-state index < -0.39 is 0 Å². The number of anilines is 1. The molecule has 6 nitrogen and oxygen atoms in total. The van der Waals surface area contributed by atoms with Crippen LogP contribution in [0.15, 0.2) is 6.20 Å². The molecule has 0 aliphatic carbocycles. The number of hydrogen-bond donors (Lipinski definition) is 1. The number of carbonyl (C=O) groups is 1. The highest BCUT2D eigenvalue weighted by atomic mass is 35.5. The van der Waals surface area contributed by atoms with Crippen LogP contribution in [0.1, 0.15) is 49.0 Å². The van der Waals surface area contributed by atoms with E-state index in [0.29, 0.717) is 17.5 Å². The Hall–Kier alpha value is -1.40. The van der Waals surface area contributed by atoms with Crippen LogP contribution in [-0.2, 0) is 0 Å². The van der Waals surface area contributed by atoms with Crippen molar-refractivity contribution >= 4 is 23.5 Å². The van der Waals surface area contributed by atoms with Crippen LogP contribution in [0.2, 0.25) is 5.02 Å². The van der Waals surface area contributed by atoms with E-state index in [1.165, 1.54) is 31.9 Å². The molecule has 1 aromatic heterocycles. The monoisotopic (exact) mass is 351 g/mol. The van der Waals surface area contributed by atoms with Gasteiger partial charge in [-0.1, -0.05) is 24.4 Å². The lowest BCUT2D eigenvalue weighted by molar-refractivity contribution is 0.0943. The summed E-state index contributed by atoms with van der Waals surface area (Å²) < 4.78 is 0. The van der Waals surface area contributed by atoms with Gasteiger partial charge in [-0.3, -0.25) is 4.79 Å². The molecule has 2 aliphatic heterocycles. The lowest BCUT2D eigenvalue weighted by Gasteiger charge is -2.20. The number of carbonyl (C=O) groups excluding carboxylic acids is 1. The van der Waals surface area contributed by atoms with E-state index in [1.54, 1.807) is 0 Å². The molecule has 7 heteroatoms. The predicted molar refractivity (Wildman–Crippen MR) is 95.7 cm³/mol. The molecule has 24 heavy (non-hydrogen) atoms. The maximum absolute atomic E-state index is 12.4. The molecule has 0 radical (unpaired) electrons. The fourth-order valence-corrected chi connectivity index (χ4v) is 3.53. The Labute approximate surface area is 148 Å². The highest BCUT2D eigenvalue weighted by molar-refractivity contribution is 6.33. The average molecular weight is 352 g/mol. The molecule has 0 saturated carbocycles. The van der Waals surface area contributed by atoms with Gasteiger partial charge < -0.3 is 15.1 Å². The predicted octanol–water partition coefficient (Wildman–Crippen LogP) is 2.34. The van der Waals surface area contributed by atoms with Crippen molar-refractivity contribution in [3.63, 3.8) is 0 Å². The van der Waals surface area contributed by atoms with E-state index in [2.05, 4.69) is 25.1 Å². The summed E-state index contributed by atoms with van der Waals surface area (Å²) in [4.78, 5) is 25.6. The lowest BCUT2D eigenvalue weighted by Crippen LogP contribution is -2.36. The summed E-state index contributed by atoms with van der Waals surface area (Å²) in [5, 5.41) is 3.26. The molecule has 1 aromatic rings. The second kappa shape index (κ2) is 8.62. The Balaban J connectivity index is 1.54. The molecular formula is C17H26ClN5O. The SMILES string of the molecule is O=C(NCCN1CCCCCC1)c1nc(N2CCCC2)ncc1Cl. The molecule has 2 saturated heterocycles. The fourth-order valence-electron chi connectivity index (χ4n) is 3.36. The van der Waals surface area contributed by atoms with Gasteiger partial charge in [0.05, 0.1) is 11.2 Å². The first-order valence-electron chi connectivity index (χ1n) is 9.02. The molecule has 0 spiro atoms. The van der Waals surface area contributed by atoms with Gasteiger partial charge in [0.1, 0.15) is 0 Å². The molecule has 132 valence electrons. The smallest absolute Gasteiger partial charge is 0.271 e. The van der Waals surface area contributed by atoms with Gasteiger partial charge in [0, 0.05) is 26.2 Å². The van der Waals surface area contributed by atoms with E-state index in [0.717, 1.165) is 45.6 Å². The van der Waals surface area contributed by atoms with Crippen LogP contribution in [0.25, 0.3) is 0 Å². The van der Waals surface area contributed by atoms with Gasteiger partial charge in [0.2, 0.25) is 5.95 Å². The number of hydrogen-bond acceptors (Lipinski definition) is 5. The first kappa shape index (κ1) is 17.4. The molecule has 1 N–H and O–H groups in total. The van der Waals surface area contributed by atoms with Gasteiger partial charge >= 0.3 is 0 Å². The van der Waals surface area contributed by atoms with Gasteiger partial charge in [0.25, 0.3) is 5.91 Å². The maximum Gasteiger partial charge on any atom is 0.271 e. The zero-order valence-corrected chi connectivity index (χ0v) is 14.9. The van der Waals surface area contributed by atoms with Crippen molar-refractivity contribution in [1.29, 1.82) is 0 Å². The summed E-state index contributed by atoms with van der Waals surface area (Å²) in [6.45, 7) is 5.65. The minimum Gasteiger partial charge on any atom is -0.349 e. The van der Waals surface area contributed by atoms with Crippen molar-refractivity contribution in [2.24, 2.45) is 0 Å². The minimum atomic E-state index is -0.210. The molecule has 2 aliphatic rings. The number of amides is 1. The summed E-state index contributed by atoms with van der Waals surface area (Å²) in [6, 6.07) is 0. The van der Waals surface area contributed by atoms with Crippen LogP contribution in [0.4, 0.5) is 5.95 Å². The lowest BCUT2D eigenvalue weighted by atomic mass is 10.2. The molecule has 1 amide bonds. The first-order chi connectivity index (χ1) is 11.7. The second-order valence-electron chi connectivity index (χ2n) is 6.57. The third kappa shape index (κ3) is 4.57. The van der Waals surface area contributed by atoms with Gasteiger partial charge in [-0.25, -0.2) is 9.97 Å². The summed E-state index contributed by atoms with van der Waals surface area (Å²) >= 11 is 6.13. The van der Waals surface area contributed by atoms with Gasteiger partial charge in [-0.15, -0.1) is 0 Å². The average Bonchev–Trinajstić information content (AvgIpc) is 3.00. The molecular weight excluding hydrogens is 326 g/mol. The number of nitrogens with one attached hydrogen (secondary N) is 1. The number of halogens is 1. The highest BCUT2D eigenvalue weighted by Gasteiger charge is 2.19. The molecule has 3 rings (SSSR count). The quantitative estimate of drug-likeness (QED) is 0.882. The normalized spacial score (nSPS) is 19.3. The van der Waals surface area contributed by atoms with Crippen molar-refractivity contribution in [2.45, 2.75) is 38.5 Å². The molecule has 0 bridgehead atoms. The highest BCUT2D eigenvalue weighted by Crippen LogP contribution is 2.19. The number of nitrogens with zero attached hydrogens (tertiary/aromatic N) is 4. The first-order valence-corrected chi connectivity index (χ1v) is 9.40. The zero-order chi connectivity index (χ0) is 16.8. The molecule has 0 atom stereocenters. The Kier molecular flexibility index (Phi) is 6.26. The van der Waals surface area contributed by atoms with Crippen LogP contribution >= 0.6 is 11.6 Å². The summed E-state index contributed by atoms with van der Waals surface area (Å²) in [6.07, 6.45) is 8.96. The van der Waals surface area contributed by atoms with Crippen LogP contribution < -0.4 is 10.2 Å². The number of rotatable bonds is 5. The minimum absolute atomic E-state index is 0.210. The molecule has 3 heterocycles. The fraction of sp³-hybridized carbons (Fsp3) is 0.706. The zero-order valence-electron chi connectivity index (χ0n) is 14.1. The van der Waals surface area contributed by atoms with Gasteiger partial charge in [-0.05, 0) is 38.8 Å². The van der Waals surface area contributed by atoms with Crippen molar-refractivity contribution in [1.82, 2.24) is 20.2 Å². The Morgan fingerprint density at radius 2 is 1.75 bits per heavy atom. The summed E-state index contributed by atoms with van der Waals surface area (Å²) in [7, 11) is 0. The van der Waals surface area contributed by atoms with E-state index in [9.17, 15) is 4.79 Å². The van der Waals surface area contributed by atoms with Crippen molar-refractivity contribution in [2.75, 3.05) is 44.2 Å². The maximum atomic E-state index is 12.4. The van der Waals surface area contributed by atoms with Crippen LogP contribution in [-0.4, -0.2) is 60.0 Å². The second-order valence-corrected chi connectivity index (χ2v) is 6.98. The van der Waals surface area contributed by atoms with E-state index in [-0.39, 0.29) is 11.6 Å². The van der Waals surface area contributed by atoms with Crippen LogP contribution in [0, 0.1) is 0 Å². The van der Waals surface area contributed by atoms with Crippen molar-refractivity contribution in [3.8, 4) is 0 Å². The standard InChI is InChI=1S/C17H26ClN5O/c18-14-13-20-17(23-10-5-6-11-23)21-15(14)16(24)19-7-12-22-8-3-1-2-4-9-22/h13H,1-12H2,(H,19,24). The van der Waals surface area contributed by atoms with E-state index >= 15 is 0 Å². The molecule has 2 fully saturated rings. The van der Waals surface area contributed by atoms with Crippen LogP contribution in [0.5, 0.6) is 0 Å².